The number of hydrogen-bond donors (Lipinski definition) is 1. The number of ether oxygens (including phenoxy) is 1. The molecule has 0 saturated carbocycles. The van der Waals surface area contributed by atoms with Gasteiger partial charge in [0.05, 0.1) is 23.7 Å². The van der Waals surface area contributed by atoms with Crippen LogP contribution in [0, 0.1) is 0 Å². The van der Waals surface area contributed by atoms with Gasteiger partial charge in [0.2, 0.25) is 0 Å². The van der Waals surface area contributed by atoms with E-state index in [0.717, 1.165) is 21.7 Å². The van der Waals surface area contributed by atoms with Gasteiger partial charge in [-0.05, 0) is 44.4 Å². The van der Waals surface area contributed by atoms with Gasteiger partial charge in [-0.25, -0.2) is 0 Å². The van der Waals surface area contributed by atoms with E-state index in [4.69, 9.17) is 4.74 Å². The van der Waals surface area contributed by atoms with Gasteiger partial charge in [0.15, 0.2) is 0 Å². The number of benzene rings is 2. The molecule has 0 aliphatic rings. The van der Waals surface area contributed by atoms with Gasteiger partial charge in [-0.2, -0.15) is 4.80 Å². The van der Waals surface area contributed by atoms with Crippen molar-refractivity contribution >= 4 is 38.6 Å². The van der Waals surface area contributed by atoms with Crippen LogP contribution in [0.2, 0.25) is 0 Å². The fourth-order valence-electron chi connectivity index (χ4n) is 2.41. The molecule has 1 amide bonds. The Hall–Kier alpha value is -2.48. The lowest BCUT2D eigenvalue weighted by Gasteiger charge is -2.12. The third-order valence-corrected chi connectivity index (χ3v) is 4.28. The van der Waals surface area contributed by atoms with Gasteiger partial charge < -0.3 is 4.74 Å². The molecule has 0 atom stereocenters. The molecule has 0 fully saturated rings. The van der Waals surface area contributed by atoms with E-state index in [1.807, 2.05) is 31.2 Å². The number of carbonyl (C=O) groups excluding carboxylic acids is 1. The monoisotopic (exact) mass is 389 g/mol. The number of methoxy groups -OCH3 is 1. The van der Waals surface area contributed by atoms with Crippen LogP contribution in [0.3, 0.4) is 0 Å². The Morgan fingerprint density at radius 3 is 2.92 bits per heavy atom. The van der Waals surface area contributed by atoms with Crippen molar-refractivity contribution < 1.29 is 9.53 Å². The van der Waals surface area contributed by atoms with Gasteiger partial charge in [0, 0.05) is 0 Å². The maximum absolute atomic E-state index is 12.6. The fourth-order valence-corrected chi connectivity index (χ4v) is 3.15. The number of halogens is 1. The molecule has 8 heteroatoms. The molecule has 1 N–H and O–H groups in total. The highest BCUT2D eigenvalue weighted by atomic mass is 79.9. The normalized spacial score (nSPS) is 10.8. The van der Waals surface area contributed by atoms with Gasteiger partial charge in [-0.15, -0.1) is 5.10 Å². The number of anilines is 1. The zero-order chi connectivity index (χ0) is 17.1. The number of carbonyl (C=O) groups is 1. The van der Waals surface area contributed by atoms with E-state index in [1.165, 1.54) is 11.9 Å². The summed E-state index contributed by atoms with van der Waals surface area (Å²) in [6.07, 6.45) is 0.884. The lowest BCUT2D eigenvalue weighted by Crippen LogP contribution is -2.15. The van der Waals surface area contributed by atoms with E-state index in [9.17, 15) is 4.79 Å². The molecule has 3 rings (SSSR count). The molecule has 124 valence electrons. The summed E-state index contributed by atoms with van der Waals surface area (Å²) in [5.41, 5.74) is 0.398. The maximum atomic E-state index is 12.6. The van der Waals surface area contributed by atoms with Crippen LogP contribution in [0.15, 0.2) is 34.8 Å². The summed E-state index contributed by atoms with van der Waals surface area (Å²) in [6, 6.07) is 9.53. The summed E-state index contributed by atoms with van der Waals surface area (Å²) in [7, 11) is 1.53. The highest BCUT2D eigenvalue weighted by Gasteiger charge is 2.19. The average molecular weight is 390 g/mol. The largest absolute Gasteiger partial charge is 0.495 e. The van der Waals surface area contributed by atoms with E-state index in [-0.39, 0.29) is 11.9 Å². The minimum Gasteiger partial charge on any atom is -0.495 e. The van der Waals surface area contributed by atoms with E-state index in [0.29, 0.717) is 17.9 Å². The van der Waals surface area contributed by atoms with E-state index in [1.54, 1.807) is 6.07 Å². The maximum Gasteiger partial charge on any atom is 0.270 e. The summed E-state index contributed by atoms with van der Waals surface area (Å²) < 4.78 is 6.15. The molecule has 24 heavy (non-hydrogen) atoms. The van der Waals surface area contributed by atoms with Crippen molar-refractivity contribution in [3.05, 3.63) is 40.4 Å². The van der Waals surface area contributed by atoms with Gasteiger partial charge >= 0.3 is 0 Å². The molecule has 1 aromatic heterocycles. The quantitative estimate of drug-likeness (QED) is 0.723. The second-order valence-electron chi connectivity index (χ2n) is 5.16. The molecule has 0 spiro atoms. The van der Waals surface area contributed by atoms with Crippen LogP contribution in [0.25, 0.3) is 10.8 Å². The molecule has 0 unspecified atom stereocenters. The summed E-state index contributed by atoms with van der Waals surface area (Å²) in [6.45, 7) is 2.66. The first kappa shape index (κ1) is 16.4. The third-order valence-electron chi connectivity index (χ3n) is 3.49. The number of nitrogens with one attached hydrogen (secondary N) is 1. The smallest absolute Gasteiger partial charge is 0.270 e. The molecule has 1 heterocycles. The van der Waals surface area contributed by atoms with Crippen molar-refractivity contribution in [1.29, 1.82) is 0 Å². The van der Waals surface area contributed by atoms with Crippen LogP contribution in [-0.2, 0) is 6.54 Å². The minimum absolute atomic E-state index is 0.166. The zero-order valence-corrected chi connectivity index (χ0v) is 14.9. The van der Waals surface area contributed by atoms with Crippen LogP contribution in [-0.4, -0.2) is 33.2 Å². The van der Waals surface area contributed by atoms with Crippen molar-refractivity contribution in [3.63, 3.8) is 0 Å². The highest BCUT2D eigenvalue weighted by Crippen LogP contribution is 2.36. The van der Waals surface area contributed by atoms with Crippen LogP contribution < -0.4 is 10.1 Å². The zero-order valence-electron chi connectivity index (χ0n) is 13.3. The number of tetrazole rings is 1. The summed E-state index contributed by atoms with van der Waals surface area (Å²) >= 11 is 3.52. The minimum atomic E-state index is -0.352. The highest BCUT2D eigenvalue weighted by molar-refractivity contribution is 9.10. The number of fused-ring (bicyclic) bond motifs is 1. The predicted octanol–water partition coefficient (Wildman–Crippen LogP) is 3.26. The van der Waals surface area contributed by atoms with Gasteiger partial charge in [0.1, 0.15) is 5.75 Å². The molecule has 0 aliphatic carbocycles. The first-order chi connectivity index (χ1) is 11.6. The first-order valence-electron chi connectivity index (χ1n) is 7.48. The SMILES string of the molecule is CCCn1nnc(NC(=O)c2cc3ccccc3c(Br)c2OC)n1. The number of nitrogens with zero attached hydrogens (tertiary/aromatic N) is 4. The van der Waals surface area contributed by atoms with Crippen LogP contribution in [0.5, 0.6) is 5.75 Å². The van der Waals surface area contributed by atoms with Gasteiger partial charge in [0.25, 0.3) is 11.9 Å². The predicted molar refractivity (Wildman–Crippen MR) is 94.3 cm³/mol. The Bertz CT molecular complexity index is 893. The van der Waals surface area contributed by atoms with E-state index in [2.05, 4.69) is 36.7 Å². The molecule has 7 nitrogen and oxygen atoms in total. The molecule has 0 aliphatic heterocycles. The van der Waals surface area contributed by atoms with Gasteiger partial charge in [-0.3, -0.25) is 10.1 Å². The first-order valence-corrected chi connectivity index (χ1v) is 8.27. The number of amides is 1. The van der Waals surface area contributed by atoms with E-state index < -0.39 is 0 Å². The molecule has 0 bridgehead atoms. The number of aromatic nitrogens is 4. The van der Waals surface area contributed by atoms with Crippen LogP contribution in [0.1, 0.15) is 23.7 Å². The number of hydrogen-bond acceptors (Lipinski definition) is 5. The van der Waals surface area contributed by atoms with Crippen molar-refractivity contribution in [2.45, 2.75) is 19.9 Å². The summed E-state index contributed by atoms with van der Waals surface area (Å²) in [4.78, 5) is 14.1. The second kappa shape index (κ2) is 6.96. The Balaban J connectivity index is 1.96. The topological polar surface area (TPSA) is 81.9 Å². The Kier molecular flexibility index (Phi) is 4.75. The second-order valence-corrected chi connectivity index (χ2v) is 5.95. The lowest BCUT2D eigenvalue weighted by molar-refractivity contribution is 0.102. The standard InChI is InChI=1S/C16H16BrN5O2/c1-3-8-22-20-16(19-21-22)18-15(23)12-9-10-6-4-5-7-11(10)13(17)14(12)24-2/h4-7,9H,3,8H2,1-2H3,(H,18,20,23). The molecular weight excluding hydrogens is 374 g/mol. The molecule has 2 aromatic carbocycles. The fraction of sp³-hybridized carbons (Fsp3) is 0.250. The number of rotatable bonds is 5. The molecule has 0 saturated heterocycles. The lowest BCUT2D eigenvalue weighted by atomic mass is 10.1. The Morgan fingerprint density at radius 1 is 1.38 bits per heavy atom. The Labute approximate surface area is 147 Å². The van der Waals surface area contributed by atoms with Crippen molar-refractivity contribution in [3.8, 4) is 5.75 Å². The average Bonchev–Trinajstić information content (AvgIpc) is 3.02. The van der Waals surface area contributed by atoms with Crippen molar-refractivity contribution in [2.75, 3.05) is 12.4 Å². The molecule has 3 aromatic rings. The van der Waals surface area contributed by atoms with Crippen molar-refractivity contribution in [1.82, 2.24) is 20.2 Å². The van der Waals surface area contributed by atoms with E-state index >= 15 is 0 Å². The molecule has 0 radical (unpaired) electrons. The van der Waals surface area contributed by atoms with Gasteiger partial charge in [-0.1, -0.05) is 36.3 Å². The van der Waals surface area contributed by atoms with Crippen LogP contribution >= 0.6 is 15.9 Å². The van der Waals surface area contributed by atoms with Crippen molar-refractivity contribution in [2.24, 2.45) is 0 Å². The summed E-state index contributed by atoms with van der Waals surface area (Å²) in [5.74, 6) is 0.279. The Morgan fingerprint density at radius 2 is 2.17 bits per heavy atom. The third kappa shape index (κ3) is 3.09. The van der Waals surface area contributed by atoms with Crippen LogP contribution in [0.4, 0.5) is 5.95 Å². The number of aryl methyl sites for hydroxylation is 1. The summed E-state index contributed by atoms with van der Waals surface area (Å²) in [5, 5.41) is 16.4. The molecular formula is C16H16BrN5O2.